The highest BCUT2D eigenvalue weighted by molar-refractivity contribution is 5.86. The fourth-order valence-corrected chi connectivity index (χ4v) is 5.15. The summed E-state index contributed by atoms with van der Waals surface area (Å²) in [6, 6.07) is 7.36. The van der Waals surface area contributed by atoms with Crippen LogP contribution in [0.25, 0.3) is 10.8 Å². The maximum Gasteiger partial charge on any atom is 0.458 e. The topological polar surface area (TPSA) is 9.23 Å². The highest BCUT2D eigenvalue weighted by atomic mass is 19.4. The maximum atomic E-state index is 15.0. The number of ether oxygens (including phenoxy) is 1. The van der Waals surface area contributed by atoms with Crippen LogP contribution in [0.3, 0.4) is 0 Å². The molecule has 0 radical (unpaired) electrons. The maximum absolute atomic E-state index is 15.0. The molecule has 1 aliphatic rings. The summed E-state index contributed by atoms with van der Waals surface area (Å²) in [4.78, 5) is 0. The summed E-state index contributed by atoms with van der Waals surface area (Å²) in [6.07, 6.45) is -6.04. The Morgan fingerprint density at radius 1 is 0.720 bits per heavy atom. The highest BCUT2D eigenvalue weighted by Gasteiger charge is 2.41. The van der Waals surface area contributed by atoms with Crippen molar-refractivity contribution in [3.8, 4) is 41.3 Å². The van der Waals surface area contributed by atoms with Crippen LogP contribution in [-0.2, 0) is 6.11 Å². The van der Waals surface area contributed by atoms with E-state index in [1.807, 2.05) is 6.92 Å². The van der Waals surface area contributed by atoms with E-state index in [2.05, 4.69) is 28.4 Å². The number of hydrogen-bond donors (Lipinski definition) is 0. The summed E-state index contributed by atoms with van der Waals surface area (Å²) in [5.74, 6) is 3.23. The van der Waals surface area contributed by atoms with Crippen molar-refractivity contribution >= 4 is 10.8 Å². The van der Waals surface area contributed by atoms with Crippen LogP contribution < -0.4 is 4.74 Å². The van der Waals surface area contributed by atoms with Gasteiger partial charge in [0.1, 0.15) is 46.2 Å². The quantitative estimate of drug-likeness (QED) is 0.152. The minimum atomic E-state index is -5.04. The molecule has 0 saturated carbocycles. The van der Waals surface area contributed by atoms with Crippen molar-refractivity contribution in [3.05, 3.63) is 123 Å². The summed E-state index contributed by atoms with van der Waals surface area (Å²) in [7, 11) is 0. The lowest BCUT2D eigenvalue weighted by molar-refractivity contribution is -0.189. The molecule has 4 aromatic carbocycles. The van der Waals surface area contributed by atoms with Crippen molar-refractivity contribution in [2.75, 3.05) is 0 Å². The Balaban J connectivity index is 1.34. The summed E-state index contributed by atoms with van der Waals surface area (Å²) in [5, 5.41) is -0.921. The largest absolute Gasteiger partial charge is 0.458 e. The third-order valence-corrected chi connectivity index (χ3v) is 7.69. The summed E-state index contributed by atoms with van der Waals surface area (Å²) < 4.78 is 159. The van der Waals surface area contributed by atoms with Crippen molar-refractivity contribution in [1.82, 2.24) is 0 Å². The van der Waals surface area contributed by atoms with Gasteiger partial charge in [0.25, 0.3) is 0 Å². The van der Waals surface area contributed by atoms with Crippen LogP contribution >= 0.6 is 0 Å². The Morgan fingerprint density at radius 3 is 2.06 bits per heavy atom. The standard InChI is InChI=1S/C38H21F11O/c1-2-21-3-7-24(30(39)15-21)8-4-22-5-9-25(31(40)16-22)10-6-23-17-33(42)35(34(43)18-23)38(48,49)50-27-11-12-28-26(19-27)20-32(41)29(36(28)44)13-14-37(45,46)47/h5,9,11-12,15-21,24H,2-3,7H2,1H3. The monoisotopic (exact) mass is 702 g/mol. The Bertz CT molecular complexity index is 2180. The second-order valence-electron chi connectivity index (χ2n) is 11.2. The van der Waals surface area contributed by atoms with Gasteiger partial charge in [-0.25, -0.2) is 26.3 Å². The average Bonchev–Trinajstić information content (AvgIpc) is 3.02. The zero-order chi connectivity index (χ0) is 36.4. The highest BCUT2D eigenvalue weighted by Crippen LogP contribution is 2.37. The Kier molecular flexibility index (Phi) is 10.2. The molecule has 0 bridgehead atoms. The molecule has 1 nitrogen and oxygen atoms in total. The minimum Gasteiger partial charge on any atom is -0.429 e. The molecule has 0 amide bonds. The minimum absolute atomic E-state index is 0.155. The lowest BCUT2D eigenvalue weighted by Crippen LogP contribution is -2.25. The van der Waals surface area contributed by atoms with Crippen LogP contribution in [-0.4, -0.2) is 6.18 Å². The van der Waals surface area contributed by atoms with Crippen LogP contribution in [0.4, 0.5) is 48.3 Å². The molecule has 50 heavy (non-hydrogen) atoms. The Labute approximate surface area is 278 Å². The molecular formula is C38H21F11O. The first-order valence-electron chi connectivity index (χ1n) is 14.8. The van der Waals surface area contributed by atoms with E-state index in [9.17, 15) is 39.5 Å². The van der Waals surface area contributed by atoms with E-state index < -0.39 is 80.5 Å². The molecule has 1 aliphatic carbocycles. The van der Waals surface area contributed by atoms with E-state index in [1.54, 1.807) is 6.08 Å². The predicted molar refractivity (Wildman–Crippen MR) is 163 cm³/mol. The predicted octanol–water partition coefficient (Wildman–Crippen LogP) is 10.6. The van der Waals surface area contributed by atoms with Crippen molar-refractivity contribution in [3.63, 3.8) is 0 Å². The molecule has 2 atom stereocenters. The number of fused-ring (bicyclic) bond motifs is 1. The third-order valence-electron chi connectivity index (χ3n) is 7.69. The molecule has 0 saturated heterocycles. The summed E-state index contributed by atoms with van der Waals surface area (Å²) in [6.45, 7) is 1.96. The van der Waals surface area contributed by atoms with Crippen molar-refractivity contribution in [2.45, 2.75) is 38.5 Å². The van der Waals surface area contributed by atoms with Gasteiger partial charge < -0.3 is 4.74 Å². The molecule has 12 heteroatoms. The molecule has 4 aromatic rings. The lowest BCUT2D eigenvalue weighted by atomic mass is 9.86. The van der Waals surface area contributed by atoms with Crippen molar-refractivity contribution in [1.29, 1.82) is 0 Å². The molecule has 2 unspecified atom stereocenters. The van der Waals surface area contributed by atoms with Gasteiger partial charge in [0.05, 0.1) is 17.0 Å². The van der Waals surface area contributed by atoms with Crippen molar-refractivity contribution in [2.24, 2.45) is 11.8 Å². The Hall–Kier alpha value is -5.41. The van der Waals surface area contributed by atoms with Crippen molar-refractivity contribution < 1.29 is 53.0 Å². The van der Waals surface area contributed by atoms with Gasteiger partial charge in [0, 0.05) is 22.4 Å². The molecular weight excluding hydrogens is 681 g/mol. The van der Waals surface area contributed by atoms with Crippen LogP contribution in [0, 0.1) is 76.4 Å². The van der Waals surface area contributed by atoms with E-state index in [0.29, 0.717) is 30.7 Å². The summed E-state index contributed by atoms with van der Waals surface area (Å²) in [5.41, 5.74) is -3.44. The first kappa shape index (κ1) is 35.9. The van der Waals surface area contributed by atoms with Gasteiger partial charge in [-0.3, -0.25) is 0 Å². The van der Waals surface area contributed by atoms with E-state index in [4.69, 9.17) is 0 Å². The first-order chi connectivity index (χ1) is 23.5. The van der Waals surface area contributed by atoms with E-state index in [0.717, 1.165) is 37.0 Å². The molecule has 0 aliphatic heterocycles. The zero-order valence-electron chi connectivity index (χ0n) is 25.6. The van der Waals surface area contributed by atoms with Gasteiger partial charge >= 0.3 is 12.3 Å². The number of rotatable bonds is 4. The van der Waals surface area contributed by atoms with Gasteiger partial charge in [-0.2, -0.15) is 22.0 Å². The van der Waals surface area contributed by atoms with Gasteiger partial charge in [-0.1, -0.05) is 36.5 Å². The fraction of sp³-hybridized carbons (Fsp3) is 0.211. The zero-order valence-corrected chi connectivity index (χ0v) is 25.6. The second kappa shape index (κ2) is 14.2. The van der Waals surface area contributed by atoms with Crippen LogP contribution in [0.5, 0.6) is 5.75 Å². The van der Waals surface area contributed by atoms with Crippen LogP contribution in [0.2, 0.25) is 0 Å². The van der Waals surface area contributed by atoms with Gasteiger partial charge in [-0.05, 0) is 91.2 Å². The normalized spacial score (nSPS) is 16.0. The van der Waals surface area contributed by atoms with E-state index >= 15 is 8.78 Å². The SMILES string of the molecule is CCC1C=C(F)C(C#Cc2ccc(C#Cc3cc(F)c(C(F)(F)Oc4ccc5c(F)c(C#CC(F)(F)F)c(F)cc5c4)c(F)c3)c(F)c2)CC1. The van der Waals surface area contributed by atoms with Gasteiger partial charge in [0.15, 0.2) is 0 Å². The fourth-order valence-electron chi connectivity index (χ4n) is 5.15. The lowest BCUT2D eigenvalue weighted by Gasteiger charge is -2.20. The van der Waals surface area contributed by atoms with E-state index in [-0.39, 0.29) is 22.9 Å². The molecule has 5 rings (SSSR count). The molecule has 0 N–H and O–H groups in total. The third kappa shape index (κ3) is 8.23. The Morgan fingerprint density at radius 2 is 1.42 bits per heavy atom. The van der Waals surface area contributed by atoms with E-state index in [1.165, 1.54) is 18.1 Å². The second-order valence-corrected chi connectivity index (χ2v) is 11.2. The number of alkyl halides is 5. The molecule has 0 fully saturated rings. The molecule has 256 valence electrons. The van der Waals surface area contributed by atoms with Crippen LogP contribution in [0.15, 0.2) is 66.5 Å². The number of halogens is 11. The average molecular weight is 703 g/mol. The number of allylic oxidation sites excluding steroid dienone is 2. The van der Waals surface area contributed by atoms with Crippen LogP contribution in [0.1, 0.15) is 54.0 Å². The summed E-state index contributed by atoms with van der Waals surface area (Å²) >= 11 is 0. The van der Waals surface area contributed by atoms with Gasteiger partial charge in [0.2, 0.25) is 0 Å². The number of benzene rings is 4. The molecule has 0 aromatic heterocycles. The van der Waals surface area contributed by atoms with Gasteiger partial charge in [-0.15, -0.1) is 0 Å². The molecule has 0 spiro atoms. The first-order valence-corrected chi connectivity index (χ1v) is 14.8. The molecule has 0 heterocycles. The smallest absolute Gasteiger partial charge is 0.429 e. The number of hydrogen-bond acceptors (Lipinski definition) is 1.